The molecular weight excluding hydrogens is 393 g/mol. The minimum atomic E-state index is -1.08. The van der Waals surface area contributed by atoms with Crippen LogP contribution in [0.25, 0.3) is 0 Å². The van der Waals surface area contributed by atoms with Gasteiger partial charge in [0.05, 0.1) is 13.7 Å². The molecule has 1 atom stereocenters. The van der Waals surface area contributed by atoms with Gasteiger partial charge in [-0.1, -0.05) is 30.3 Å². The maximum atomic E-state index is 14.2. The van der Waals surface area contributed by atoms with Gasteiger partial charge < -0.3 is 19.4 Å². The Morgan fingerprint density at radius 3 is 2.30 bits per heavy atom. The van der Waals surface area contributed by atoms with Gasteiger partial charge in [0.25, 0.3) is 0 Å². The third-order valence-corrected chi connectivity index (χ3v) is 4.05. The van der Waals surface area contributed by atoms with Crippen molar-refractivity contribution in [2.24, 2.45) is 0 Å². The van der Waals surface area contributed by atoms with E-state index in [1.807, 2.05) is 0 Å². The number of nitrogens with zero attached hydrogens (tertiary/aromatic N) is 1. The molecule has 0 heterocycles. The Morgan fingerprint density at radius 1 is 1.10 bits per heavy atom. The van der Waals surface area contributed by atoms with Crippen LogP contribution in [0.5, 0.6) is 5.75 Å². The summed E-state index contributed by atoms with van der Waals surface area (Å²) >= 11 is 0. The molecule has 0 fully saturated rings. The van der Waals surface area contributed by atoms with E-state index >= 15 is 0 Å². The number of phenols is 1. The fourth-order valence-corrected chi connectivity index (χ4v) is 2.66. The van der Waals surface area contributed by atoms with Crippen molar-refractivity contribution < 1.29 is 33.4 Å². The Balaban J connectivity index is 2.34. The van der Waals surface area contributed by atoms with Gasteiger partial charge in [0.1, 0.15) is 23.2 Å². The third-order valence-electron chi connectivity index (χ3n) is 4.05. The molecule has 0 spiro atoms. The van der Waals surface area contributed by atoms with Crippen LogP contribution in [0.3, 0.4) is 0 Å². The SMILES string of the molecule is COC(=O)[C@H](Cc1ccc(O)cc1)N(Cc1ccccc1F)OC(=O)OC(C)(C)C. The number of benzene rings is 2. The highest BCUT2D eigenvalue weighted by molar-refractivity contribution is 5.76. The number of ether oxygens (including phenoxy) is 2. The molecule has 2 aromatic rings. The molecule has 0 amide bonds. The molecule has 162 valence electrons. The molecule has 0 aromatic heterocycles. The Kier molecular flexibility index (Phi) is 7.77. The van der Waals surface area contributed by atoms with Crippen molar-refractivity contribution in [1.82, 2.24) is 5.06 Å². The third kappa shape index (κ3) is 7.04. The second-order valence-electron chi connectivity index (χ2n) is 7.63. The van der Waals surface area contributed by atoms with Gasteiger partial charge in [-0.25, -0.2) is 9.18 Å². The van der Waals surface area contributed by atoms with Crippen molar-refractivity contribution in [2.75, 3.05) is 7.11 Å². The topological polar surface area (TPSA) is 85.3 Å². The van der Waals surface area contributed by atoms with Crippen molar-refractivity contribution in [3.05, 3.63) is 65.5 Å². The Labute approximate surface area is 174 Å². The molecule has 0 radical (unpaired) electrons. The van der Waals surface area contributed by atoms with Gasteiger partial charge in [0.2, 0.25) is 0 Å². The fourth-order valence-electron chi connectivity index (χ4n) is 2.66. The van der Waals surface area contributed by atoms with Gasteiger partial charge in [-0.15, -0.1) is 5.06 Å². The van der Waals surface area contributed by atoms with E-state index in [-0.39, 0.29) is 24.3 Å². The molecule has 30 heavy (non-hydrogen) atoms. The summed E-state index contributed by atoms with van der Waals surface area (Å²) in [5, 5.41) is 10.5. The standard InChI is InChI=1S/C22H26FNO6/c1-22(2,3)29-21(27)30-24(14-16-7-5-6-8-18(16)23)19(20(26)28-4)13-15-9-11-17(25)12-10-15/h5-12,19,25H,13-14H2,1-4H3/t19-/m0/s1. The molecule has 0 unspecified atom stereocenters. The number of phenolic OH excluding ortho intramolecular Hbond substituents is 1. The summed E-state index contributed by atoms with van der Waals surface area (Å²) in [4.78, 5) is 30.1. The molecule has 1 N–H and O–H groups in total. The predicted octanol–water partition coefficient (Wildman–Crippen LogP) is 3.98. The van der Waals surface area contributed by atoms with Crippen molar-refractivity contribution in [1.29, 1.82) is 0 Å². The second kappa shape index (κ2) is 10.1. The van der Waals surface area contributed by atoms with Gasteiger partial charge >= 0.3 is 12.1 Å². The van der Waals surface area contributed by atoms with Crippen LogP contribution in [0.15, 0.2) is 48.5 Å². The Bertz CT molecular complexity index is 863. The van der Waals surface area contributed by atoms with Gasteiger partial charge in [0, 0.05) is 12.0 Å². The molecule has 0 aliphatic carbocycles. The summed E-state index contributed by atoms with van der Waals surface area (Å²) in [5.74, 6) is -1.12. The number of hydrogen-bond donors (Lipinski definition) is 1. The van der Waals surface area contributed by atoms with Crippen LogP contribution in [0.1, 0.15) is 31.9 Å². The fraction of sp³-hybridized carbons (Fsp3) is 0.364. The highest BCUT2D eigenvalue weighted by atomic mass is 19.1. The average molecular weight is 419 g/mol. The minimum Gasteiger partial charge on any atom is -0.508 e. The first-order valence-electron chi connectivity index (χ1n) is 9.36. The number of hydrogen-bond acceptors (Lipinski definition) is 7. The van der Waals surface area contributed by atoms with E-state index in [0.717, 1.165) is 5.06 Å². The van der Waals surface area contributed by atoms with E-state index in [1.165, 1.54) is 37.4 Å². The first-order chi connectivity index (χ1) is 14.1. The van der Waals surface area contributed by atoms with Crippen LogP contribution in [-0.4, -0.2) is 41.0 Å². The number of rotatable bonds is 7. The van der Waals surface area contributed by atoms with E-state index in [4.69, 9.17) is 14.3 Å². The van der Waals surface area contributed by atoms with Crippen molar-refractivity contribution in [3.8, 4) is 5.75 Å². The number of carbonyl (C=O) groups is 2. The van der Waals surface area contributed by atoms with Gasteiger partial charge in [0.15, 0.2) is 0 Å². The van der Waals surface area contributed by atoms with Gasteiger partial charge in [-0.05, 0) is 44.5 Å². The van der Waals surface area contributed by atoms with Crippen LogP contribution in [0.4, 0.5) is 9.18 Å². The number of aromatic hydroxyl groups is 1. The van der Waals surface area contributed by atoms with Crippen molar-refractivity contribution >= 4 is 12.1 Å². The first-order valence-corrected chi connectivity index (χ1v) is 9.36. The largest absolute Gasteiger partial charge is 0.528 e. The zero-order valence-corrected chi connectivity index (χ0v) is 17.4. The molecule has 2 rings (SSSR count). The lowest BCUT2D eigenvalue weighted by Gasteiger charge is -2.29. The van der Waals surface area contributed by atoms with Crippen LogP contribution in [0, 0.1) is 5.82 Å². The van der Waals surface area contributed by atoms with E-state index in [2.05, 4.69) is 0 Å². The van der Waals surface area contributed by atoms with Gasteiger partial charge in [-0.2, -0.15) is 0 Å². The summed E-state index contributed by atoms with van der Waals surface area (Å²) < 4.78 is 24.3. The highest BCUT2D eigenvalue weighted by Gasteiger charge is 2.33. The first kappa shape index (κ1) is 23.2. The molecule has 0 saturated carbocycles. The second-order valence-corrected chi connectivity index (χ2v) is 7.63. The lowest BCUT2D eigenvalue weighted by molar-refractivity contribution is -0.190. The van der Waals surface area contributed by atoms with Crippen molar-refractivity contribution in [3.63, 3.8) is 0 Å². The number of esters is 1. The maximum absolute atomic E-state index is 14.2. The summed E-state index contributed by atoms with van der Waals surface area (Å²) in [6, 6.07) is 11.1. The monoisotopic (exact) mass is 419 g/mol. The van der Waals surface area contributed by atoms with E-state index in [9.17, 15) is 19.1 Å². The normalized spacial score (nSPS) is 12.3. The van der Waals surface area contributed by atoms with Crippen LogP contribution >= 0.6 is 0 Å². The van der Waals surface area contributed by atoms with E-state index < -0.39 is 29.6 Å². The summed E-state index contributed by atoms with van der Waals surface area (Å²) in [6.45, 7) is 4.81. The molecule has 2 aromatic carbocycles. The smallest absolute Gasteiger partial charge is 0.508 e. The Morgan fingerprint density at radius 2 is 1.73 bits per heavy atom. The average Bonchev–Trinajstić information content (AvgIpc) is 2.66. The lowest BCUT2D eigenvalue weighted by atomic mass is 10.0. The number of methoxy groups -OCH3 is 1. The van der Waals surface area contributed by atoms with Gasteiger partial charge in [-0.3, -0.25) is 4.79 Å². The molecule has 8 heteroatoms. The van der Waals surface area contributed by atoms with E-state index in [0.29, 0.717) is 5.56 Å². The van der Waals surface area contributed by atoms with Crippen LogP contribution in [-0.2, 0) is 32.1 Å². The summed E-state index contributed by atoms with van der Waals surface area (Å²) in [6.07, 6.45) is -0.942. The minimum absolute atomic E-state index is 0.0709. The Hall–Kier alpha value is -3.13. The van der Waals surface area contributed by atoms with Crippen LogP contribution < -0.4 is 0 Å². The summed E-state index contributed by atoms with van der Waals surface area (Å²) in [7, 11) is 1.21. The van der Waals surface area contributed by atoms with E-state index in [1.54, 1.807) is 39.0 Å². The zero-order valence-electron chi connectivity index (χ0n) is 17.4. The predicted molar refractivity (Wildman–Crippen MR) is 107 cm³/mol. The lowest BCUT2D eigenvalue weighted by Crippen LogP contribution is -2.45. The van der Waals surface area contributed by atoms with Crippen LogP contribution in [0.2, 0.25) is 0 Å². The zero-order chi connectivity index (χ0) is 22.3. The quantitative estimate of drug-likeness (QED) is 0.537. The number of carbonyl (C=O) groups excluding carboxylic acids is 2. The highest BCUT2D eigenvalue weighted by Crippen LogP contribution is 2.20. The molecule has 0 saturated heterocycles. The molecule has 0 aliphatic rings. The number of hydroxylamine groups is 2. The van der Waals surface area contributed by atoms with Crippen molar-refractivity contribution in [2.45, 2.75) is 45.4 Å². The molecule has 7 nitrogen and oxygen atoms in total. The maximum Gasteiger partial charge on any atom is 0.528 e. The molecular formula is C22H26FNO6. The molecule has 0 aliphatic heterocycles. The summed E-state index contributed by atoms with van der Waals surface area (Å²) in [5.41, 5.74) is 0.0774. The molecule has 0 bridgehead atoms. The number of halogens is 1.